The Labute approximate surface area is 342 Å². The van der Waals surface area contributed by atoms with Gasteiger partial charge in [0, 0.05) is 35.1 Å². The zero-order valence-electron chi connectivity index (χ0n) is 34.3. The first-order valence-corrected chi connectivity index (χ1v) is 20.5. The number of halogens is 1. The molecular formula is C42H50FN5O10S. The Kier molecular flexibility index (Phi) is 13.2. The number of carboxylic acids is 1. The fourth-order valence-corrected chi connectivity index (χ4v) is 8.07. The quantitative estimate of drug-likeness (QED) is 0.0972. The van der Waals surface area contributed by atoms with Crippen molar-refractivity contribution >= 4 is 61.9 Å². The molecule has 0 aliphatic heterocycles. The van der Waals surface area contributed by atoms with Gasteiger partial charge in [-0.1, -0.05) is 6.07 Å². The Morgan fingerprint density at radius 2 is 1.56 bits per heavy atom. The lowest BCUT2D eigenvalue weighted by molar-refractivity contribution is -0.138. The SMILES string of the molecule is CNCc1cc(NC(=O)CCc2cc(OC)cc(C(Nc3ccc4c(N(C(=O)OC(C)(C)C)C(=O)OC(C)(C)C)ncc(F)c4c3)C(=O)O)c2)ccc1S(=O)(=O)C1CC1. The van der Waals surface area contributed by atoms with Crippen LogP contribution in [-0.4, -0.2) is 73.2 Å². The molecule has 1 fully saturated rings. The fraction of sp³-hybridized carbons (Fsp3) is 0.405. The average molecular weight is 836 g/mol. The number of carbonyl (C=O) groups excluding carboxylic acids is 3. The summed E-state index contributed by atoms with van der Waals surface area (Å²) in [6.07, 6.45) is 0.106. The van der Waals surface area contributed by atoms with E-state index in [0.29, 0.717) is 46.9 Å². The van der Waals surface area contributed by atoms with Crippen LogP contribution in [0.3, 0.4) is 0 Å². The minimum atomic E-state index is -3.45. The van der Waals surface area contributed by atoms with E-state index in [1.54, 1.807) is 72.9 Å². The molecule has 1 heterocycles. The number of hydrogen-bond acceptors (Lipinski definition) is 12. The maximum Gasteiger partial charge on any atom is 0.425 e. The molecule has 1 unspecified atom stereocenters. The van der Waals surface area contributed by atoms with Gasteiger partial charge in [-0.3, -0.25) is 4.79 Å². The third-order valence-corrected chi connectivity index (χ3v) is 11.3. The number of amides is 3. The second kappa shape index (κ2) is 17.6. The molecule has 0 bridgehead atoms. The molecule has 15 nitrogen and oxygen atoms in total. The lowest BCUT2D eigenvalue weighted by Crippen LogP contribution is -2.44. The highest BCUT2D eigenvalue weighted by atomic mass is 32.2. The molecule has 3 amide bonds. The molecular weight excluding hydrogens is 786 g/mol. The Hall–Kier alpha value is -5.81. The molecule has 1 atom stereocenters. The van der Waals surface area contributed by atoms with Crippen LogP contribution in [0.25, 0.3) is 10.8 Å². The minimum absolute atomic E-state index is 0.00515. The van der Waals surface area contributed by atoms with E-state index in [0.717, 1.165) is 6.20 Å². The number of sulfone groups is 1. The van der Waals surface area contributed by atoms with Crippen molar-refractivity contribution in [2.75, 3.05) is 29.7 Å². The van der Waals surface area contributed by atoms with Crippen molar-refractivity contribution in [1.82, 2.24) is 10.3 Å². The summed E-state index contributed by atoms with van der Waals surface area (Å²) >= 11 is 0. The number of imide groups is 1. The number of ether oxygens (including phenoxy) is 3. The summed E-state index contributed by atoms with van der Waals surface area (Å²) in [5.41, 5.74) is 0.0253. The van der Waals surface area contributed by atoms with Gasteiger partial charge in [0.25, 0.3) is 0 Å². The Morgan fingerprint density at radius 1 is 0.915 bits per heavy atom. The topological polar surface area (TPSA) is 203 Å². The summed E-state index contributed by atoms with van der Waals surface area (Å²) in [4.78, 5) is 57.4. The number of aromatic nitrogens is 1. The first-order chi connectivity index (χ1) is 27.6. The normalized spacial score (nSPS) is 13.6. The number of rotatable bonds is 14. The van der Waals surface area contributed by atoms with Crippen LogP contribution < -0.4 is 25.6 Å². The lowest BCUT2D eigenvalue weighted by Gasteiger charge is -2.28. The van der Waals surface area contributed by atoms with Crippen LogP contribution in [0.15, 0.2) is 65.7 Å². The van der Waals surface area contributed by atoms with Gasteiger partial charge >= 0.3 is 18.2 Å². The van der Waals surface area contributed by atoms with E-state index < -0.39 is 51.1 Å². The summed E-state index contributed by atoms with van der Waals surface area (Å²) in [5, 5.41) is 18.7. The van der Waals surface area contributed by atoms with Gasteiger partial charge in [-0.15, -0.1) is 0 Å². The summed E-state index contributed by atoms with van der Waals surface area (Å²) < 4.78 is 57.7. The highest BCUT2D eigenvalue weighted by molar-refractivity contribution is 7.92. The monoisotopic (exact) mass is 835 g/mol. The third kappa shape index (κ3) is 11.2. The van der Waals surface area contributed by atoms with Crippen LogP contribution in [0.1, 0.15) is 83.5 Å². The van der Waals surface area contributed by atoms with Gasteiger partial charge < -0.3 is 35.3 Å². The van der Waals surface area contributed by atoms with Crippen LogP contribution in [0.5, 0.6) is 5.75 Å². The van der Waals surface area contributed by atoms with Gasteiger partial charge in [0.1, 0.15) is 22.8 Å². The van der Waals surface area contributed by atoms with E-state index >= 15 is 4.39 Å². The van der Waals surface area contributed by atoms with Crippen molar-refractivity contribution in [3.63, 3.8) is 0 Å². The minimum Gasteiger partial charge on any atom is -0.497 e. The third-order valence-electron chi connectivity index (χ3n) is 8.92. The van der Waals surface area contributed by atoms with Crippen LogP contribution in [0, 0.1) is 5.82 Å². The molecule has 0 saturated heterocycles. The van der Waals surface area contributed by atoms with Crippen molar-refractivity contribution in [3.8, 4) is 5.75 Å². The van der Waals surface area contributed by atoms with E-state index in [4.69, 9.17) is 14.2 Å². The summed E-state index contributed by atoms with van der Waals surface area (Å²) in [7, 11) is -0.322. The number of nitrogens with one attached hydrogen (secondary N) is 3. The summed E-state index contributed by atoms with van der Waals surface area (Å²) in [6.45, 7) is 9.98. The predicted molar refractivity (Wildman–Crippen MR) is 220 cm³/mol. The average Bonchev–Trinajstić information content (AvgIpc) is 3.99. The number of carboxylic acid groups (broad SMARTS) is 1. The standard InChI is InChI=1S/C42H50FN5O10S/c1-41(2,3)57-39(52)48(40(53)58-42(4,5)6)37-31-14-10-28(21-32(31)33(43)23-45-37)47-36(38(50)51)25-17-24(18-29(20-25)56-8)9-16-35(49)46-27-11-15-34(26(19-27)22-44-7)59(54,55)30-12-13-30/h10-11,14-15,17-21,23,30,36,44,47H,9,12-13,16,22H2,1-8H3,(H,46,49)(H,50,51). The van der Waals surface area contributed by atoms with Crippen molar-refractivity contribution in [2.24, 2.45) is 0 Å². The second-order valence-corrected chi connectivity index (χ2v) is 18.4. The van der Waals surface area contributed by atoms with E-state index in [2.05, 4.69) is 20.9 Å². The van der Waals surface area contributed by atoms with Gasteiger partial charge in [-0.05, 0) is 133 Å². The van der Waals surface area contributed by atoms with Gasteiger partial charge in [-0.25, -0.2) is 32.2 Å². The van der Waals surface area contributed by atoms with Gasteiger partial charge in [0.05, 0.1) is 23.5 Å². The Balaban J connectivity index is 1.38. The van der Waals surface area contributed by atoms with E-state index in [1.165, 1.54) is 37.4 Å². The van der Waals surface area contributed by atoms with Crippen molar-refractivity contribution in [2.45, 2.75) is 101 Å². The largest absolute Gasteiger partial charge is 0.497 e. The number of pyridine rings is 1. The lowest BCUT2D eigenvalue weighted by atomic mass is 10.00. The van der Waals surface area contributed by atoms with Crippen LogP contribution in [-0.2, 0) is 41.9 Å². The Bertz CT molecular complexity index is 2340. The summed E-state index contributed by atoms with van der Waals surface area (Å²) in [6, 6.07) is 12.3. The number of benzene rings is 3. The van der Waals surface area contributed by atoms with Crippen molar-refractivity contribution in [3.05, 3.63) is 83.3 Å². The van der Waals surface area contributed by atoms with Crippen LogP contribution >= 0.6 is 0 Å². The highest BCUT2D eigenvalue weighted by Gasteiger charge is 2.38. The van der Waals surface area contributed by atoms with Crippen LogP contribution in [0.4, 0.5) is 31.2 Å². The number of aliphatic carboxylic acids is 1. The molecule has 4 aromatic rings. The number of nitrogens with zero attached hydrogens (tertiary/aromatic N) is 2. The number of aryl methyl sites for hydroxylation is 1. The smallest absolute Gasteiger partial charge is 0.425 e. The molecule has 1 aromatic heterocycles. The van der Waals surface area contributed by atoms with Gasteiger partial charge in [-0.2, -0.15) is 4.90 Å². The fourth-order valence-electron chi connectivity index (χ4n) is 6.20. The molecule has 59 heavy (non-hydrogen) atoms. The predicted octanol–water partition coefficient (Wildman–Crippen LogP) is 7.52. The van der Waals surface area contributed by atoms with Crippen LogP contribution in [0.2, 0.25) is 0 Å². The number of carbonyl (C=O) groups is 4. The number of anilines is 3. The maximum absolute atomic E-state index is 15.4. The zero-order valence-corrected chi connectivity index (χ0v) is 35.1. The van der Waals surface area contributed by atoms with E-state index in [-0.39, 0.29) is 56.7 Å². The summed E-state index contributed by atoms with van der Waals surface area (Å²) in [5.74, 6) is -2.36. The van der Waals surface area contributed by atoms with Gasteiger partial charge in [0.15, 0.2) is 21.7 Å². The van der Waals surface area contributed by atoms with E-state index in [1.807, 2.05) is 0 Å². The first kappa shape index (κ1) is 44.3. The molecule has 1 aliphatic rings. The molecule has 0 radical (unpaired) electrons. The number of fused-ring (bicyclic) bond motifs is 1. The number of hydrogen-bond donors (Lipinski definition) is 4. The molecule has 1 aliphatic carbocycles. The van der Waals surface area contributed by atoms with E-state index in [9.17, 15) is 32.7 Å². The molecule has 3 aromatic carbocycles. The second-order valence-electron chi connectivity index (χ2n) is 16.2. The molecule has 1 saturated carbocycles. The first-order valence-electron chi connectivity index (χ1n) is 18.9. The zero-order chi connectivity index (χ0) is 43.4. The Morgan fingerprint density at radius 3 is 2.14 bits per heavy atom. The van der Waals surface area contributed by atoms with Crippen molar-refractivity contribution in [1.29, 1.82) is 0 Å². The highest BCUT2D eigenvalue weighted by Crippen LogP contribution is 2.36. The molecule has 5 rings (SSSR count). The molecule has 0 spiro atoms. The maximum atomic E-state index is 15.4. The molecule has 17 heteroatoms. The molecule has 4 N–H and O–H groups in total. The van der Waals surface area contributed by atoms with Crippen molar-refractivity contribution < 1.29 is 51.3 Å². The molecule has 316 valence electrons. The number of methoxy groups -OCH3 is 1. The van der Waals surface area contributed by atoms with Gasteiger partial charge in [0.2, 0.25) is 5.91 Å².